The van der Waals surface area contributed by atoms with Gasteiger partial charge in [0.25, 0.3) is 11.8 Å². The first-order chi connectivity index (χ1) is 17.9. The van der Waals surface area contributed by atoms with E-state index in [2.05, 4.69) is 64.2 Å². The van der Waals surface area contributed by atoms with Gasteiger partial charge in [-0.15, -0.1) is 0 Å². The van der Waals surface area contributed by atoms with Crippen LogP contribution in [0.25, 0.3) is 33.0 Å². The number of aromatic amines is 1. The van der Waals surface area contributed by atoms with Crippen molar-refractivity contribution in [3.63, 3.8) is 0 Å². The highest BCUT2D eigenvalue weighted by atomic mass is 16.2. The van der Waals surface area contributed by atoms with Crippen LogP contribution in [0.15, 0.2) is 79.0 Å². The van der Waals surface area contributed by atoms with Gasteiger partial charge >= 0.3 is 0 Å². The molecule has 37 heavy (non-hydrogen) atoms. The highest BCUT2D eigenvalue weighted by molar-refractivity contribution is 6.51. The van der Waals surface area contributed by atoms with Crippen molar-refractivity contribution in [1.29, 1.82) is 0 Å². The molecule has 0 radical (unpaired) electrons. The smallest absolute Gasteiger partial charge is 0.259 e. The molecular formula is C31H28N4O2. The molecule has 2 amide bonds. The fourth-order valence-electron chi connectivity index (χ4n) is 5.52. The van der Waals surface area contributed by atoms with Crippen LogP contribution in [-0.4, -0.2) is 40.4 Å². The van der Waals surface area contributed by atoms with Gasteiger partial charge in [0.05, 0.1) is 11.1 Å². The van der Waals surface area contributed by atoms with E-state index in [1.165, 1.54) is 11.1 Å². The number of hydrogen-bond acceptors (Lipinski definition) is 3. The summed E-state index contributed by atoms with van der Waals surface area (Å²) in [6, 6.07) is 24.4. The molecule has 1 aliphatic rings. The van der Waals surface area contributed by atoms with Crippen molar-refractivity contribution >= 4 is 44.8 Å². The number of aromatic nitrogens is 2. The van der Waals surface area contributed by atoms with Gasteiger partial charge in [-0.05, 0) is 44.3 Å². The van der Waals surface area contributed by atoms with Crippen LogP contribution >= 0.6 is 0 Å². The minimum Gasteiger partial charge on any atom is -0.358 e. The number of para-hydroxylation sites is 2. The lowest BCUT2D eigenvalue weighted by atomic mass is 9.94. The SMILES string of the molecule is Cc1[nH]c2ccccc2c1C1=C(c2cn(Cc3ccccc3CN(C)C)c3ccccc23)C(=O)NC1=O. The molecule has 6 heteroatoms. The molecular weight excluding hydrogens is 460 g/mol. The van der Waals surface area contributed by atoms with E-state index in [4.69, 9.17) is 0 Å². The van der Waals surface area contributed by atoms with Crippen molar-refractivity contribution in [2.45, 2.75) is 20.0 Å². The Morgan fingerprint density at radius 3 is 2.22 bits per heavy atom. The van der Waals surface area contributed by atoms with Crippen LogP contribution in [-0.2, 0) is 22.7 Å². The summed E-state index contributed by atoms with van der Waals surface area (Å²) in [6.45, 7) is 3.45. The largest absolute Gasteiger partial charge is 0.358 e. The summed E-state index contributed by atoms with van der Waals surface area (Å²) in [5.41, 5.74) is 7.70. The number of nitrogens with one attached hydrogen (secondary N) is 2. The maximum atomic E-state index is 13.3. The van der Waals surface area contributed by atoms with Crippen molar-refractivity contribution in [2.24, 2.45) is 0 Å². The number of nitrogens with zero attached hydrogens (tertiary/aromatic N) is 2. The fraction of sp³-hybridized carbons (Fsp3) is 0.161. The quantitative estimate of drug-likeness (QED) is 0.327. The van der Waals surface area contributed by atoms with Crippen LogP contribution in [0.2, 0.25) is 0 Å². The Hall–Kier alpha value is -4.42. The Bertz CT molecular complexity index is 1730. The van der Waals surface area contributed by atoms with Gasteiger partial charge in [0.1, 0.15) is 0 Å². The monoisotopic (exact) mass is 488 g/mol. The summed E-state index contributed by atoms with van der Waals surface area (Å²) in [5.74, 6) is -0.721. The average molecular weight is 489 g/mol. The normalized spacial score (nSPS) is 13.9. The summed E-state index contributed by atoms with van der Waals surface area (Å²) in [5, 5.41) is 4.45. The third kappa shape index (κ3) is 3.86. The number of carbonyl (C=O) groups is 2. The molecule has 0 fully saturated rings. The Kier molecular flexibility index (Phi) is 5.54. The second-order valence-electron chi connectivity index (χ2n) is 9.90. The van der Waals surface area contributed by atoms with Gasteiger partial charge < -0.3 is 14.5 Å². The molecule has 0 saturated carbocycles. The first-order valence-electron chi connectivity index (χ1n) is 12.4. The summed E-state index contributed by atoms with van der Waals surface area (Å²) < 4.78 is 2.18. The molecule has 2 aromatic heterocycles. The van der Waals surface area contributed by atoms with Crippen molar-refractivity contribution < 1.29 is 9.59 Å². The van der Waals surface area contributed by atoms with Crippen molar-refractivity contribution in [3.8, 4) is 0 Å². The highest BCUT2D eigenvalue weighted by Gasteiger charge is 2.35. The second-order valence-corrected chi connectivity index (χ2v) is 9.90. The molecule has 0 saturated heterocycles. The van der Waals surface area contributed by atoms with Gasteiger partial charge in [-0.3, -0.25) is 14.9 Å². The Morgan fingerprint density at radius 2 is 1.43 bits per heavy atom. The summed E-state index contributed by atoms with van der Waals surface area (Å²) in [6.07, 6.45) is 2.02. The van der Waals surface area contributed by atoms with Crippen molar-refractivity contribution in [3.05, 3.63) is 107 Å². The molecule has 0 spiro atoms. The number of imide groups is 1. The molecule has 1 aliphatic heterocycles. The van der Waals surface area contributed by atoms with E-state index in [0.29, 0.717) is 17.7 Å². The maximum Gasteiger partial charge on any atom is 0.259 e. The number of fused-ring (bicyclic) bond motifs is 2. The lowest BCUT2D eigenvalue weighted by molar-refractivity contribution is -0.122. The van der Waals surface area contributed by atoms with Gasteiger partial charge in [-0.25, -0.2) is 0 Å². The van der Waals surface area contributed by atoms with Gasteiger partial charge in [-0.2, -0.15) is 0 Å². The molecule has 184 valence electrons. The molecule has 3 heterocycles. The van der Waals surface area contributed by atoms with Crippen LogP contribution in [0, 0.1) is 6.92 Å². The van der Waals surface area contributed by atoms with Crippen LogP contribution in [0.1, 0.15) is 27.9 Å². The van der Waals surface area contributed by atoms with E-state index >= 15 is 0 Å². The van der Waals surface area contributed by atoms with E-state index in [0.717, 1.165) is 45.2 Å². The molecule has 5 aromatic rings. The number of aryl methyl sites for hydroxylation is 1. The van der Waals surface area contributed by atoms with Crippen LogP contribution in [0.3, 0.4) is 0 Å². The topological polar surface area (TPSA) is 70.1 Å². The van der Waals surface area contributed by atoms with Crippen molar-refractivity contribution in [1.82, 2.24) is 19.8 Å². The number of benzene rings is 3. The van der Waals surface area contributed by atoms with Gasteiger partial charge in [0.15, 0.2) is 0 Å². The molecule has 3 aromatic carbocycles. The fourth-order valence-corrected chi connectivity index (χ4v) is 5.52. The van der Waals surface area contributed by atoms with E-state index in [1.54, 1.807) is 0 Å². The standard InChI is InChI=1S/C31H28N4O2/c1-19-27(23-13-6-8-14-25(23)32-19)29-28(30(36)33-31(29)37)24-18-35(26-15-9-7-12-22(24)26)17-21-11-5-4-10-20(21)16-34(2)3/h4-15,18,32H,16-17H2,1-3H3,(H,33,36,37). The molecule has 0 unspecified atom stereocenters. The third-order valence-corrected chi connectivity index (χ3v) is 7.08. The zero-order chi connectivity index (χ0) is 25.7. The summed E-state index contributed by atoms with van der Waals surface area (Å²) in [7, 11) is 4.13. The first kappa shape index (κ1) is 23.0. The molecule has 0 atom stereocenters. The number of carbonyl (C=O) groups excluding carboxylic acids is 2. The zero-order valence-corrected chi connectivity index (χ0v) is 21.1. The first-order valence-corrected chi connectivity index (χ1v) is 12.4. The summed E-state index contributed by atoms with van der Waals surface area (Å²) in [4.78, 5) is 32.1. The minimum atomic E-state index is -0.361. The number of amides is 2. The number of rotatable bonds is 6. The average Bonchev–Trinajstić information content (AvgIpc) is 3.49. The predicted molar refractivity (Wildman–Crippen MR) is 148 cm³/mol. The van der Waals surface area contributed by atoms with Crippen LogP contribution in [0.4, 0.5) is 0 Å². The Balaban J connectivity index is 1.56. The van der Waals surface area contributed by atoms with Gasteiger partial charge in [0.2, 0.25) is 0 Å². The Labute approximate surface area is 215 Å². The van der Waals surface area contributed by atoms with E-state index < -0.39 is 0 Å². The van der Waals surface area contributed by atoms with Crippen LogP contribution in [0.5, 0.6) is 0 Å². The van der Waals surface area contributed by atoms with Crippen LogP contribution < -0.4 is 5.32 Å². The Morgan fingerprint density at radius 1 is 0.784 bits per heavy atom. The maximum absolute atomic E-state index is 13.3. The lowest BCUT2D eigenvalue weighted by Crippen LogP contribution is -2.22. The molecule has 2 N–H and O–H groups in total. The van der Waals surface area contributed by atoms with E-state index in [-0.39, 0.29) is 11.8 Å². The second kappa shape index (κ2) is 8.91. The zero-order valence-electron chi connectivity index (χ0n) is 21.1. The van der Waals surface area contributed by atoms with Crippen molar-refractivity contribution in [2.75, 3.05) is 14.1 Å². The van der Waals surface area contributed by atoms with E-state index in [9.17, 15) is 9.59 Å². The summed E-state index contributed by atoms with van der Waals surface area (Å²) >= 11 is 0. The highest BCUT2D eigenvalue weighted by Crippen LogP contribution is 2.39. The third-order valence-electron chi connectivity index (χ3n) is 7.08. The predicted octanol–water partition coefficient (Wildman–Crippen LogP) is 5.11. The molecule has 0 bridgehead atoms. The number of hydrogen-bond donors (Lipinski definition) is 2. The minimum absolute atomic E-state index is 0.360. The molecule has 6 nitrogen and oxygen atoms in total. The molecule has 6 rings (SSSR count). The van der Waals surface area contributed by atoms with Gasteiger partial charge in [0, 0.05) is 57.9 Å². The van der Waals surface area contributed by atoms with E-state index in [1.807, 2.05) is 55.6 Å². The molecule has 0 aliphatic carbocycles. The number of H-pyrrole nitrogens is 1. The lowest BCUT2D eigenvalue weighted by Gasteiger charge is -2.15. The van der Waals surface area contributed by atoms with Gasteiger partial charge in [-0.1, -0.05) is 60.7 Å².